The maximum atomic E-state index is 12.1. The summed E-state index contributed by atoms with van der Waals surface area (Å²) in [6.45, 7) is 1.64. The Labute approximate surface area is 143 Å². The molecule has 0 fully saturated rings. The first-order chi connectivity index (χ1) is 12.0. The lowest BCUT2D eigenvalue weighted by atomic mass is 10.1. The van der Waals surface area contributed by atoms with Crippen molar-refractivity contribution in [1.29, 1.82) is 0 Å². The predicted octanol–water partition coefficient (Wildman–Crippen LogP) is 1.75. The second-order valence-electron chi connectivity index (χ2n) is 5.47. The van der Waals surface area contributed by atoms with Gasteiger partial charge in [0, 0.05) is 24.7 Å². The molecule has 25 heavy (non-hydrogen) atoms. The van der Waals surface area contributed by atoms with Crippen molar-refractivity contribution in [2.75, 3.05) is 11.9 Å². The lowest BCUT2D eigenvalue weighted by molar-refractivity contribution is -0.115. The summed E-state index contributed by atoms with van der Waals surface area (Å²) in [6, 6.07) is 12.6. The van der Waals surface area contributed by atoms with Crippen LogP contribution in [-0.4, -0.2) is 33.3 Å². The molecular weight excluding hydrogens is 322 g/mol. The van der Waals surface area contributed by atoms with Gasteiger partial charge in [-0.05, 0) is 6.92 Å². The Morgan fingerprint density at radius 2 is 1.96 bits per heavy atom. The summed E-state index contributed by atoms with van der Waals surface area (Å²) in [7, 11) is 1.72. The van der Waals surface area contributed by atoms with E-state index in [1.807, 2.05) is 37.3 Å². The van der Waals surface area contributed by atoms with Crippen molar-refractivity contribution < 1.29 is 14.1 Å². The predicted molar refractivity (Wildman–Crippen MR) is 90.8 cm³/mol. The highest BCUT2D eigenvalue weighted by Gasteiger charge is 2.15. The van der Waals surface area contributed by atoms with Gasteiger partial charge < -0.3 is 15.2 Å². The van der Waals surface area contributed by atoms with Gasteiger partial charge in [0.15, 0.2) is 11.5 Å². The number of rotatable bonds is 5. The number of carbonyl (C=O) groups is 2. The minimum absolute atomic E-state index is 0.114. The van der Waals surface area contributed by atoms with Crippen LogP contribution < -0.4 is 10.6 Å². The molecule has 8 nitrogen and oxygen atoms in total. The van der Waals surface area contributed by atoms with Crippen molar-refractivity contribution >= 4 is 17.6 Å². The van der Waals surface area contributed by atoms with Gasteiger partial charge >= 0.3 is 0 Å². The van der Waals surface area contributed by atoms with Gasteiger partial charge in [0.25, 0.3) is 5.91 Å². The molecule has 2 amide bonds. The van der Waals surface area contributed by atoms with E-state index >= 15 is 0 Å². The average molecular weight is 339 g/mol. The molecule has 0 radical (unpaired) electrons. The van der Waals surface area contributed by atoms with E-state index in [9.17, 15) is 9.59 Å². The Balaban J connectivity index is 1.57. The molecule has 0 aliphatic rings. The van der Waals surface area contributed by atoms with Crippen LogP contribution in [0.25, 0.3) is 11.3 Å². The Kier molecular flexibility index (Phi) is 4.60. The van der Waals surface area contributed by atoms with E-state index in [-0.39, 0.29) is 18.1 Å². The summed E-state index contributed by atoms with van der Waals surface area (Å²) < 4.78 is 6.72. The second kappa shape index (κ2) is 7.00. The molecule has 0 aliphatic heterocycles. The zero-order valence-corrected chi connectivity index (χ0v) is 13.8. The highest BCUT2D eigenvalue weighted by molar-refractivity contribution is 5.98. The van der Waals surface area contributed by atoms with Crippen molar-refractivity contribution in [1.82, 2.24) is 20.3 Å². The molecule has 3 aromatic rings. The van der Waals surface area contributed by atoms with Crippen LogP contribution in [0.1, 0.15) is 16.2 Å². The van der Waals surface area contributed by atoms with Gasteiger partial charge in [-0.3, -0.25) is 14.3 Å². The van der Waals surface area contributed by atoms with Gasteiger partial charge in [-0.2, -0.15) is 5.10 Å². The van der Waals surface area contributed by atoms with Crippen LogP contribution in [0, 0.1) is 6.92 Å². The molecule has 0 aliphatic carbocycles. The van der Waals surface area contributed by atoms with Crippen molar-refractivity contribution in [3.8, 4) is 11.3 Å². The van der Waals surface area contributed by atoms with Gasteiger partial charge in [-0.15, -0.1) is 0 Å². The molecule has 128 valence electrons. The third kappa shape index (κ3) is 3.92. The molecule has 2 N–H and O–H groups in total. The van der Waals surface area contributed by atoms with E-state index in [2.05, 4.69) is 20.9 Å². The van der Waals surface area contributed by atoms with E-state index in [4.69, 9.17) is 4.52 Å². The summed E-state index contributed by atoms with van der Waals surface area (Å²) >= 11 is 0. The SMILES string of the molecule is Cc1cc(NC(=O)CNC(=O)c2cc(-c3ccccc3)on2)n(C)n1. The maximum Gasteiger partial charge on any atom is 0.273 e. The van der Waals surface area contributed by atoms with Crippen LogP contribution >= 0.6 is 0 Å². The first-order valence-corrected chi connectivity index (χ1v) is 7.64. The summed E-state index contributed by atoms with van der Waals surface area (Å²) in [6.07, 6.45) is 0. The number of nitrogens with one attached hydrogen (secondary N) is 2. The summed E-state index contributed by atoms with van der Waals surface area (Å²) in [5.74, 6) is 0.204. The molecule has 0 atom stereocenters. The molecule has 0 bridgehead atoms. The quantitative estimate of drug-likeness (QED) is 0.737. The Morgan fingerprint density at radius 1 is 1.20 bits per heavy atom. The topological polar surface area (TPSA) is 102 Å². The number of anilines is 1. The number of carbonyl (C=O) groups excluding carboxylic acids is 2. The number of amides is 2. The van der Waals surface area contributed by atoms with Crippen molar-refractivity contribution in [2.24, 2.45) is 7.05 Å². The normalized spacial score (nSPS) is 10.5. The van der Waals surface area contributed by atoms with E-state index in [0.29, 0.717) is 11.6 Å². The fraction of sp³-hybridized carbons (Fsp3) is 0.176. The minimum Gasteiger partial charge on any atom is -0.355 e. The molecule has 0 saturated carbocycles. The molecular formula is C17H17N5O3. The molecule has 2 aromatic heterocycles. The van der Waals surface area contributed by atoms with Gasteiger partial charge in [0.2, 0.25) is 5.91 Å². The second-order valence-corrected chi connectivity index (χ2v) is 5.47. The number of aromatic nitrogens is 3. The third-order valence-corrected chi connectivity index (χ3v) is 3.48. The summed E-state index contributed by atoms with van der Waals surface area (Å²) in [4.78, 5) is 24.0. The fourth-order valence-electron chi connectivity index (χ4n) is 2.29. The molecule has 0 unspecified atom stereocenters. The molecule has 8 heteroatoms. The first kappa shape index (κ1) is 16.4. The third-order valence-electron chi connectivity index (χ3n) is 3.48. The van der Waals surface area contributed by atoms with Gasteiger partial charge in [-0.1, -0.05) is 35.5 Å². The van der Waals surface area contributed by atoms with Crippen LogP contribution in [0.5, 0.6) is 0 Å². The Bertz CT molecular complexity index is 898. The number of aryl methyl sites for hydroxylation is 2. The van der Waals surface area contributed by atoms with E-state index < -0.39 is 5.91 Å². The lowest BCUT2D eigenvalue weighted by Gasteiger charge is -2.05. The summed E-state index contributed by atoms with van der Waals surface area (Å²) in [5.41, 5.74) is 1.72. The summed E-state index contributed by atoms with van der Waals surface area (Å²) in [5, 5.41) is 13.0. The van der Waals surface area contributed by atoms with Gasteiger partial charge in [-0.25, -0.2) is 0 Å². The monoisotopic (exact) mass is 339 g/mol. The van der Waals surface area contributed by atoms with Crippen LogP contribution in [-0.2, 0) is 11.8 Å². The van der Waals surface area contributed by atoms with Crippen LogP contribution in [0.4, 0.5) is 5.82 Å². The average Bonchev–Trinajstić information content (AvgIpc) is 3.21. The van der Waals surface area contributed by atoms with Gasteiger partial charge in [0.05, 0.1) is 12.2 Å². The van der Waals surface area contributed by atoms with Gasteiger partial charge in [0.1, 0.15) is 5.82 Å². The van der Waals surface area contributed by atoms with Crippen LogP contribution in [0.3, 0.4) is 0 Å². The largest absolute Gasteiger partial charge is 0.355 e. The Morgan fingerprint density at radius 3 is 2.64 bits per heavy atom. The first-order valence-electron chi connectivity index (χ1n) is 7.64. The number of hydrogen-bond donors (Lipinski definition) is 2. The molecule has 1 aromatic carbocycles. The number of hydrogen-bond acceptors (Lipinski definition) is 5. The van der Waals surface area contributed by atoms with Crippen molar-refractivity contribution in [3.05, 3.63) is 53.9 Å². The van der Waals surface area contributed by atoms with Crippen LogP contribution in [0.15, 0.2) is 47.0 Å². The zero-order valence-electron chi connectivity index (χ0n) is 13.8. The van der Waals surface area contributed by atoms with E-state index in [0.717, 1.165) is 11.3 Å². The zero-order chi connectivity index (χ0) is 17.8. The molecule has 0 spiro atoms. The van der Waals surface area contributed by atoms with E-state index in [1.54, 1.807) is 17.8 Å². The lowest BCUT2D eigenvalue weighted by Crippen LogP contribution is -2.33. The molecule has 2 heterocycles. The Hall–Kier alpha value is -3.42. The van der Waals surface area contributed by atoms with E-state index in [1.165, 1.54) is 6.07 Å². The minimum atomic E-state index is -0.484. The van der Waals surface area contributed by atoms with Crippen molar-refractivity contribution in [3.63, 3.8) is 0 Å². The smallest absolute Gasteiger partial charge is 0.273 e. The fourth-order valence-corrected chi connectivity index (χ4v) is 2.29. The molecule has 0 saturated heterocycles. The molecule has 3 rings (SSSR count). The van der Waals surface area contributed by atoms with Crippen LogP contribution in [0.2, 0.25) is 0 Å². The highest BCUT2D eigenvalue weighted by Crippen LogP contribution is 2.19. The standard InChI is InChI=1S/C17H17N5O3/c1-11-8-15(22(2)20-11)19-16(23)10-18-17(24)13-9-14(25-21-13)12-6-4-3-5-7-12/h3-9H,10H2,1-2H3,(H,18,24)(H,19,23). The number of benzene rings is 1. The van der Waals surface area contributed by atoms with Crippen molar-refractivity contribution in [2.45, 2.75) is 6.92 Å². The highest BCUT2D eigenvalue weighted by atomic mass is 16.5. The number of nitrogens with zero attached hydrogens (tertiary/aromatic N) is 3. The maximum absolute atomic E-state index is 12.1.